The van der Waals surface area contributed by atoms with E-state index < -0.39 is 10.3 Å². The molecule has 0 fully saturated rings. The van der Waals surface area contributed by atoms with Crippen molar-refractivity contribution < 1.29 is 13.0 Å². The second-order valence-electron chi connectivity index (χ2n) is 6.00. The van der Waals surface area contributed by atoms with E-state index in [4.69, 9.17) is 4.55 Å². The highest BCUT2D eigenvalue weighted by Gasteiger charge is 1.99. The Kier molecular flexibility index (Phi) is 16.4. The van der Waals surface area contributed by atoms with Gasteiger partial charge in [-0.1, -0.05) is 84.0 Å². The summed E-state index contributed by atoms with van der Waals surface area (Å²) >= 11 is 0. The zero-order valence-corrected chi connectivity index (χ0v) is 15.4. The van der Waals surface area contributed by atoms with Crippen molar-refractivity contribution in [1.29, 1.82) is 0 Å². The number of nitrogens with one attached hydrogen (secondary N) is 4. The average molecular weight is 353 g/mol. The first-order valence-corrected chi connectivity index (χ1v) is 10.5. The summed E-state index contributed by atoms with van der Waals surface area (Å²) in [5.41, 5.74) is 7.36. The van der Waals surface area contributed by atoms with Crippen molar-refractivity contribution in [3.63, 3.8) is 0 Å². The van der Waals surface area contributed by atoms with E-state index in [0.717, 1.165) is 19.4 Å². The predicted octanol–water partition coefficient (Wildman–Crippen LogP) is 2.98. The Morgan fingerprint density at radius 3 is 1.57 bits per heavy atom. The van der Waals surface area contributed by atoms with E-state index in [-0.39, 0.29) is 0 Å². The molecule has 0 saturated carbocycles. The van der Waals surface area contributed by atoms with E-state index in [1.165, 1.54) is 70.6 Å². The lowest BCUT2D eigenvalue weighted by Crippen LogP contribution is -2.52. The van der Waals surface area contributed by atoms with Crippen molar-refractivity contribution in [1.82, 2.24) is 21.3 Å². The van der Waals surface area contributed by atoms with Gasteiger partial charge in [0.1, 0.15) is 0 Å². The van der Waals surface area contributed by atoms with Crippen molar-refractivity contribution in [2.45, 2.75) is 90.4 Å². The van der Waals surface area contributed by atoms with E-state index in [9.17, 15) is 8.42 Å². The third kappa shape index (κ3) is 21.8. The minimum absolute atomic E-state index is 0.734. The maximum absolute atomic E-state index is 10.3. The number of hydrazine groups is 3. The quantitative estimate of drug-likeness (QED) is 0.148. The molecule has 0 atom stereocenters. The molecule has 0 aromatic carbocycles. The Bertz CT molecular complexity index is 340. The van der Waals surface area contributed by atoms with Crippen LogP contribution in [0, 0.1) is 0 Å². The van der Waals surface area contributed by atoms with Crippen LogP contribution in [0.3, 0.4) is 0 Å². The minimum atomic E-state index is -4.21. The van der Waals surface area contributed by atoms with Crippen LogP contribution in [0.25, 0.3) is 0 Å². The maximum Gasteiger partial charge on any atom is 0.347 e. The third-order valence-electron chi connectivity index (χ3n) is 3.74. The number of unbranched alkanes of at least 4 members (excludes halogenated alkanes) is 12. The summed E-state index contributed by atoms with van der Waals surface area (Å²) in [6.45, 7) is 2.99. The van der Waals surface area contributed by atoms with Gasteiger partial charge in [0.15, 0.2) is 0 Å². The highest BCUT2D eigenvalue weighted by Crippen LogP contribution is 2.12. The van der Waals surface area contributed by atoms with E-state index >= 15 is 0 Å². The molecule has 0 saturated heterocycles. The second-order valence-corrected chi connectivity index (χ2v) is 7.15. The van der Waals surface area contributed by atoms with E-state index in [1.807, 2.05) is 0 Å². The zero-order chi connectivity index (χ0) is 17.2. The van der Waals surface area contributed by atoms with Gasteiger partial charge in [-0.15, -0.1) is 4.83 Å². The van der Waals surface area contributed by atoms with Gasteiger partial charge in [0.25, 0.3) is 0 Å². The minimum Gasteiger partial charge on any atom is -0.273 e. The molecular formula is C15H36N4O3S. The van der Waals surface area contributed by atoms with Crippen molar-refractivity contribution in [2.75, 3.05) is 6.54 Å². The zero-order valence-electron chi connectivity index (χ0n) is 14.6. The summed E-state index contributed by atoms with van der Waals surface area (Å²) in [4.78, 5) is 1.68. The van der Waals surface area contributed by atoms with Gasteiger partial charge < -0.3 is 0 Å². The van der Waals surface area contributed by atoms with Crippen LogP contribution < -0.4 is 21.3 Å². The first-order chi connectivity index (χ1) is 11.1. The topological polar surface area (TPSA) is 102 Å². The molecule has 0 aliphatic rings. The van der Waals surface area contributed by atoms with E-state index in [2.05, 4.69) is 23.4 Å². The van der Waals surface area contributed by atoms with Crippen molar-refractivity contribution in [3.05, 3.63) is 0 Å². The van der Waals surface area contributed by atoms with E-state index in [1.54, 1.807) is 4.83 Å². The van der Waals surface area contributed by atoms with Crippen molar-refractivity contribution in [3.8, 4) is 0 Å². The summed E-state index contributed by atoms with van der Waals surface area (Å²) in [5, 5.41) is 0. The molecule has 8 heteroatoms. The van der Waals surface area contributed by atoms with Gasteiger partial charge in [-0.05, 0) is 6.42 Å². The number of hydrogen-bond acceptors (Lipinski definition) is 5. The fourth-order valence-corrected chi connectivity index (χ4v) is 2.61. The lowest BCUT2D eigenvalue weighted by Gasteiger charge is -2.07. The molecule has 7 nitrogen and oxygen atoms in total. The van der Waals surface area contributed by atoms with Crippen LogP contribution in [0.15, 0.2) is 0 Å². The van der Waals surface area contributed by atoms with Gasteiger partial charge in [-0.2, -0.15) is 19.5 Å². The predicted molar refractivity (Wildman–Crippen MR) is 94.7 cm³/mol. The molecular weight excluding hydrogens is 316 g/mol. The summed E-state index contributed by atoms with van der Waals surface area (Å²) in [6, 6.07) is 0. The largest absolute Gasteiger partial charge is 0.347 e. The average Bonchev–Trinajstić information content (AvgIpc) is 2.49. The van der Waals surface area contributed by atoms with Crippen LogP contribution in [0.1, 0.15) is 90.4 Å². The number of rotatable bonds is 18. The van der Waals surface area contributed by atoms with Gasteiger partial charge in [0.2, 0.25) is 0 Å². The fourth-order valence-electron chi connectivity index (χ4n) is 2.43. The molecule has 0 rings (SSSR count). The molecule has 0 aromatic heterocycles. The van der Waals surface area contributed by atoms with Gasteiger partial charge >= 0.3 is 10.3 Å². The lowest BCUT2D eigenvalue weighted by molar-refractivity contribution is 0.381. The SMILES string of the molecule is CCCCCCCCCCCCCCCNNNNS(=O)(=O)O. The summed E-state index contributed by atoms with van der Waals surface area (Å²) < 4.78 is 29.0. The van der Waals surface area contributed by atoms with Gasteiger partial charge in [-0.3, -0.25) is 4.55 Å². The molecule has 0 unspecified atom stereocenters. The second kappa shape index (κ2) is 16.6. The van der Waals surface area contributed by atoms with Crippen LogP contribution in [0.2, 0.25) is 0 Å². The van der Waals surface area contributed by atoms with Crippen molar-refractivity contribution >= 4 is 10.3 Å². The van der Waals surface area contributed by atoms with Gasteiger partial charge in [-0.25, -0.2) is 5.43 Å². The van der Waals surface area contributed by atoms with Crippen LogP contribution in [-0.2, 0) is 10.3 Å². The summed E-state index contributed by atoms with van der Waals surface area (Å²) in [6.07, 6.45) is 17.1. The molecule has 5 N–H and O–H groups in total. The van der Waals surface area contributed by atoms with Crippen LogP contribution in [0.4, 0.5) is 0 Å². The Morgan fingerprint density at radius 2 is 1.13 bits per heavy atom. The smallest absolute Gasteiger partial charge is 0.273 e. The summed E-state index contributed by atoms with van der Waals surface area (Å²) in [5.74, 6) is 0. The molecule has 23 heavy (non-hydrogen) atoms. The molecule has 0 bridgehead atoms. The third-order valence-corrected chi connectivity index (χ3v) is 4.10. The molecule has 0 aliphatic heterocycles. The normalized spacial score (nSPS) is 11.9. The lowest BCUT2D eigenvalue weighted by atomic mass is 10.0. The fraction of sp³-hybridized carbons (Fsp3) is 1.00. The number of hydrogen-bond donors (Lipinski definition) is 5. The first kappa shape index (κ1) is 22.8. The molecule has 0 aliphatic carbocycles. The molecule has 0 aromatic rings. The monoisotopic (exact) mass is 352 g/mol. The highest BCUT2D eigenvalue weighted by atomic mass is 32.2. The Labute approximate surface area is 142 Å². The first-order valence-electron chi connectivity index (χ1n) is 9.03. The summed E-state index contributed by atoms with van der Waals surface area (Å²) in [7, 11) is -4.21. The van der Waals surface area contributed by atoms with Gasteiger partial charge in [0.05, 0.1) is 0 Å². The van der Waals surface area contributed by atoms with Crippen molar-refractivity contribution in [2.24, 2.45) is 0 Å². The van der Waals surface area contributed by atoms with E-state index in [0.29, 0.717) is 0 Å². The van der Waals surface area contributed by atoms with Crippen LogP contribution in [-0.4, -0.2) is 19.5 Å². The Hall–Kier alpha value is -0.250. The Balaban J connectivity index is 3.03. The Morgan fingerprint density at radius 1 is 0.696 bits per heavy atom. The molecule has 0 heterocycles. The van der Waals surface area contributed by atoms with Crippen LogP contribution >= 0.6 is 0 Å². The van der Waals surface area contributed by atoms with Crippen LogP contribution in [0.5, 0.6) is 0 Å². The molecule has 0 spiro atoms. The molecule has 140 valence electrons. The standard InChI is InChI=1S/C15H36N4O3S/c1-2-3-4-5-6-7-8-9-10-11-12-13-14-15-16-17-18-19-23(20,21)22/h16-19H,2-15H2,1H3,(H,20,21,22). The van der Waals surface area contributed by atoms with Gasteiger partial charge in [0, 0.05) is 6.54 Å². The highest BCUT2D eigenvalue weighted by molar-refractivity contribution is 7.83. The molecule has 0 amide bonds. The maximum atomic E-state index is 10.3. The molecule has 0 radical (unpaired) electrons.